The summed E-state index contributed by atoms with van der Waals surface area (Å²) in [6.07, 6.45) is 2.92. The van der Waals surface area contributed by atoms with E-state index in [9.17, 15) is 9.59 Å². The fourth-order valence-electron chi connectivity index (χ4n) is 1.68. The summed E-state index contributed by atoms with van der Waals surface area (Å²) in [6, 6.07) is -1.74. The van der Waals surface area contributed by atoms with E-state index < -0.39 is 18.0 Å². The second kappa shape index (κ2) is 7.93. The van der Waals surface area contributed by atoms with Crippen LogP contribution >= 0.6 is 0 Å². The molecule has 1 unspecified atom stereocenters. The molecule has 0 fully saturated rings. The van der Waals surface area contributed by atoms with Gasteiger partial charge in [-0.05, 0) is 19.3 Å². The third kappa shape index (κ3) is 4.83. The van der Waals surface area contributed by atoms with E-state index in [0.717, 1.165) is 11.4 Å². The largest absolute Gasteiger partial charge is 0.480 e. The van der Waals surface area contributed by atoms with Gasteiger partial charge in [-0.1, -0.05) is 19.9 Å². The zero-order chi connectivity index (χ0) is 15.8. The molecule has 0 aliphatic carbocycles. The van der Waals surface area contributed by atoms with E-state index in [1.54, 1.807) is 0 Å². The topological polar surface area (TPSA) is 117 Å². The first-order chi connectivity index (χ1) is 10.0. The summed E-state index contributed by atoms with van der Waals surface area (Å²) in [5, 5.41) is 21.4. The molecule has 8 heteroatoms. The molecule has 1 aromatic rings. The van der Waals surface area contributed by atoms with Gasteiger partial charge in [0.1, 0.15) is 6.04 Å². The number of aryl methyl sites for hydroxylation is 2. The molecule has 0 bridgehead atoms. The number of carboxylic acid groups (broad SMARTS) is 1. The Morgan fingerprint density at radius 3 is 2.48 bits per heavy atom. The maximum Gasteiger partial charge on any atom is 0.326 e. The van der Waals surface area contributed by atoms with E-state index in [1.165, 1.54) is 6.08 Å². The predicted octanol–water partition coefficient (Wildman–Crippen LogP) is 1.15. The number of carbonyl (C=O) groups is 2. The molecule has 0 aliphatic heterocycles. The highest BCUT2D eigenvalue weighted by Gasteiger charge is 2.19. The van der Waals surface area contributed by atoms with Crippen LogP contribution in [0, 0.1) is 0 Å². The summed E-state index contributed by atoms with van der Waals surface area (Å²) < 4.78 is 0. The van der Waals surface area contributed by atoms with Crippen molar-refractivity contribution < 1.29 is 14.7 Å². The van der Waals surface area contributed by atoms with Gasteiger partial charge in [-0.15, -0.1) is 16.8 Å². The number of carbonyl (C=O) groups excluding carboxylic acids is 1. The standard InChI is InChI=1S/C13H19N5O3/c1-4-7-10(11(19)20)15-13(21)16-12-14-8(5-2)9(6-3)17-18-12/h4,10H,1,5-7H2,2-3H3,(H,19,20)(H2,14,15,16,18,21). The van der Waals surface area contributed by atoms with Crippen molar-refractivity contribution in [2.24, 2.45) is 0 Å². The normalized spacial score (nSPS) is 11.5. The highest BCUT2D eigenvalue weighted by atomic mass is 16.4. The van der Waals surface area contributed by atoms with Gasteiger partial charge in [0.25, 0.3) is 5.95 Å². The number of nitrogens with zero attached hydrogens (tertiary/aromatic N) is 3. The Morgan fingerprint density at radius 1 is 1.29 bits per heavy atom. The summed E-state index contributed by atoms with van der Waals surface area (Å²) in [7, 11) is 0. The second-order valence-corrected chi connectivity index (χ2v) is 4.25. The lowest BCUT2D eigenvalue weighted by Gasteiger charge is -2.13. The molecule has 0 saturated heterocycles. The number of aliphatic carboxylic acids is 1. The zero-order valence-corrected chi connectivity index (χ0v) is 12.1. The number of urea groups is 1. The summed E-state index contributed by atoms with van der Waals surface area (Å²) in [6.45, 7) is 7.32. The van der Waals surface area contributed by atoms with Gasteiger partial charge in [0.15, 0.2) is 0 Å². The molecule has 0 saturated carbocycles. The van der Waals surface area contributed by atoms with E-state index in [4.69, 9.17) is 5.11 Å². The first-order valence-corrected chi connectivity index (χ1v) is 6.65. The predicted molar refractivity (Wildman–Crippen MR) is 77.0 cm³/mol. The van der Waals surface area contributed by atoms with Crippen molar-refractivity contribution in [3.63, 3.8) is 0 Å². The van der Waals surface area contributed by atoms with Crippen molar-refractivity contribution in [3.8, 4) is 0 Å². The van der Waals surface area contributed by atoms with Crippen LogP contribution in [0.4, 0.5) is 10.7 Å². The third-order valence-corrected chi connectivity index (χ3v) is 2.74. The van der Waals surface area contributed by atoms with E-state index in [2.05, 4.69) is 32.4 Å². The molecule has 0 aromatic carbocycles. The minimum atomic E-state index is -1.14. The molecule has 1 heterocycles. The second-order valence-electron chi connectivity index (χ2n) is 4.25. The molecular formula is C13H19N5O3. The lowest BCUT2D eigenvalue weighted by Crippen LogP contribution is -2.43. The SMILES string of the molecule is C=CCC(NC(=O)Nc1nnc(CC)c(CC)n1)C(=O)O. The molecule has 0 radical (unpaired) electrons. The van der Waals surface area contributed by atoms with Gasteiger partial charge in [0.2, 0.25) is 0 Å². The molecule has 8 nitrogen and oxygen atoms in total. The van der Waals surface area contributed by atoms with Gasteiger partial charge < -0.3 is 10.4 Å². The average Bonchev–Trinajstić information content (AvgIpc) is 2.46. The van der Waals surface area contributed by atoms with Crippen LogP contribution in [0.2, 0.25) is 0 Å². The Kier molecular flexibility index (Phi) is 6.25. The average molecular weight is 293 g/mol. The van der Waals surface area contributed by atoms with Crippen LogP contribution in [-0.2, 0) is 17.6 Å². The van der Waals surface area contributed by atoms with Crippen molar-refractivity contribution in [3.05, 3.63) is 24.0 Å². The molecule has 114 valence electrons. The Hall–Kier alpha value is -2.51. The Bertz CT molecular complexity index is 533. The van der Waals surface area contributed by atoms with Crippen molar-refractivity contribution in [2.75, 3.05) is 5.32 Å². The maximum absolute atomic E-state index is 11.7. The summed E-state index contributed by atoms with van der Waals surface area (Å²) in [5.74, 6) is -1.09. The molecule has 1 rings (SSSR count). The van der Waals surface area contributed by atoms with Crippen LogP contribution in [-0.4, -0.2) is 38.3 Å². The summed E-state index contributed by atoms with van der Waals surface area (Å²) >= 11 is 0. The Labute approximate surface area is 122 Å². The van der Waals surface area contributed by atoms with Crippen molar-refractivity contribution in [1.29, 1.82) is 0 Å². The van der Waals surface area contributed by atoms with Gasteiger partial charge in [0.05, 0.1) is 11.4 Å². The quantitative estimate of drug-likeness (QED) is 0.649. The van der Waals surface area contributed by atoms with Gasteiger partial charge in [0, 0.05) is 0 Å². The number of hydrogen-bond acceptors (Lipinski definition) is 5. The lowest BCUT2D eigenvalue weighted by molar-refractivity contribution is -0.139. The molecule has 2 amide bonds. The molecule has 21 heavy (non-hydrogen) atoms. The van der Waals surface area contributed by atoms with Crippen LogP contribution in [0.1, 0.15) is 31.7 Å². The first kappa shape index (κ1) is 16.5. The zero-order valence-electron chi connectivity index (χ0n) is 12.1. The van der Waals surface area contributed by atoms with Crippen LogP contribution in [0.3, 0.4) is 0 Å². The van der Waals surface area contributed by atoms with Crippen molar-refractivity contribution in [1.82, 2.24) is 20.5 Å². The molecular weight excluding hydrogens is 274 g/mol. The minimum absolute atomic E-state index is 0.0456. The Morgan fingerprint density at radius 2 is 1.95 bits per heavy atom. The van der Waals surface area contributed by atoms with Gasteiger partial charge in [-0.25, -0.2) is 14.6 Å². The highest BCUT2D eigenvalue weighted by molar-refractivity contribution is 5.90. The van der Waals surface area contributed by atoms with E-state index >= 15 is 0 Å². The van der Waals surface area contributed by atoms with E-state index in [-0.39, 0.29) is 12.4 Å². The molecule has 1 atom stereocenters. The van der Waals surface area contributed by atoms with E-state index in [0.29, 0.717) is 12.8 Å². The number of nitrogens with one attached hydrogen (secondary N) is 2. The smallest absolute Gasteiger partial charge is 0.326 e. The highest BCUT2D eigenvalue weighted by Crippen LogP contribution is 2.06. The molecule has 0 spiro atoms. The van der Waals surface area contributed by atoms with Crippen molar-refractivity contribution >= 4 is 17.9 Å². The Balaban J connectivity index is 2.74. The van der Waals surface area contributed by atoms with Crippen LogP contribution < -0.4 is 10.6 Å². The van der Waals surface area contributed by atoms with Gasteiger partial charge in [-0.2, -0.15) is 0 Å². The van der Waals surface area contributed by atoms with Crippen LogP contribution in [0.25, 0.3) is 0 Å². The van der Waals surface area contributed by atoms with Crippen LogP contribution in [0.5, 0.6) is 0 Å². The third-order valence-electron chi connectivity index (χ3n) is 2.74. The number of anilines is 1. The fourth-order valence-corrected chi connectivity index (χ4v) is 1.68. The maximum atomic E-state index is 11.7. The van der Waals surface area contributed by atoms with Crippen molar-refractivity contribution in [2.45, 2.75) is 39.2 Å². The monoisotopic (exact) mass is 293 g/mol. The number of amides is 2. The molecule has 1 aromatic heterocycles. The minimum Gasteiger partial charge on any atom is -0.480 e. The fraction of sp³-hybridized carbons (Fsp3) is 0.462. The summed E-state index contributed by atoms with van der Waals surface area (Å²) in [4.78, 5) is 26.8. The number of aromatic nitrogens is 3. The van der Waals surface area contributed by atoms with E-state index in [1.807, 2.05) is 13.8 Å². The van der Waals surface area contributed by atoms with Gasteiger partial charge >= 0.3 is 12.0 Å². The number of rotatable bonds is 7. The molecule has 3 N–H and O–H groups in total. The number of carboxylic acids is 1. The van der Waals surface area contributed by atoms with Gasteiger partial charge in [-0.3, -0.25) is 5.32 Å². The summed E-state index contributed by atoms with van der Waals surface area (Å²) in [5.41, 5.74) is 1.53. The first-order valence-electron chi connectivity index (χ1n) is 6.65. The lowest BCUT2D eigenvalue weighted by atomic mass is 10.2. The van der Waals surface area contributed by atoms with Crippen LogP contribution in [0.15, 0.2) is 12.7 Å². The molecule has 0 aliphatic rings. The number of hydrogen-bond donors (Lipinski definition) is 3.